The molecule has 2 aromatic carbocycles. The van der Waals surface area contributed by atoms with Gasteiger partial charge in [0, 0.05) is 105 Å². The molecule has 4 aromatic heterocycles. The van der Waals surface area contributed by atoms with Crippen molar-refractivity contribution in [1.29, 1.82) is 0 Å². The van der Waals surface area contributed by atoms with Gasteiger partial charge in [0.25, 0.3) is 0 Å². The third-order valence-electron chi connectivity index (χ3n) is 13.3. The van der Waals surface area contributed by atoms with Crippen LogP contribution in [-0.4, -0.2) is 129 Å². The number of aromatic nitrogens is 5. The zero-order valence-electron chi connectivity index (χ0n) is 37.1. The van der Waals surface area contributed by atoms with E-state index in [9.17, 15) is 27.9 Å². The van der Waals surface area contributed by atoms with Gasteiger partial charge in [0.15, 0.2) is 0 Å². The van der Waals surface area contributed by atoms with E-state index in [1.165, 1.54) is 5.56 Å². The van der Waals surface area contributed by atoms with Crippen LogP contribution in [0.15, 0.2) is 73.2 Å². The molecule has 6 heterocycles. The second kappa shape index (κ2) is 20.6. The summed E-state index contributed by atoms with van der Waals surface area (Å²) in [7, 11) is 0. The van der Waals surface area contributed by atoms with E-state index in [0.29, 0.717) is 57.8 Å². The molecule has 1 saturated carbocycles. The molecule has 2 aliphatic heterocycles. The number of rotatable bonds is 18. The van der Waals surface area contributed by atoms with Gasteiger partial charge < -0.3 is 29.0 Å². The fraction of sp³-hybridized carbons (Fsp3) is 0.490. The number of aryl methyl sites for hydroxylation is 1. The molecule has 17 heteroatoms. The maximum atomic E-state index is 12.9. The van der Waals surface area contributed by atoms with E-state index in [-0.39, 0.29) is 36.5 Å². The van der Waals surface area contributed by atoms with E-state index in [1.807, 2.05) is 16.7 Å². The maximum Gasteiger partial charge on any atom is 0.390 e. The number of aliphatic hydroxyl groups excluding tert-OH is 1. The van der Waals surface area contributed by atoms with Crippen molar-refractivity contribution in [1.82, 2.24) is 39.2 Å². The first-order valence-corrected chi connectivity index (χ1v) is 23.3. The van der Waals surface area contributed by atoms with Crippen LogP contribution < -0.4 is 10.6 Å². The molecule has 2 amide bonds. The summed E-state index contributed by atoms with van der Waals surface area (Å²) in [6.45, 7) is 7.66. The first-order valence-electron chi connectivity index (χ1n) is 23.3. The Morgan fingerprint density at radius 3 is 2.35 bits per heavy atom. The summed E-state index contributed by atoms with van der Waals surface area (Å²) in [6, 6.07) is 18.5. The van der Waals surface area contributed by atoms with Gasteiger partial charge in [-0.3, -0.25) is 24.7 Å². The van der Waals surface area contributed by atoms with Gasteiger partial charge in [-0.2, -0.15) is 18.2 Å². The smallest absolute Gasteiger partial charge is 0.390 e. The number of imide groups is 1. The van der Waals surface area contributed by atoms with E-state index in [1.54, 1.807) is 12.4 Å². The van der Waals surface area contributed by atoms with Crippen LogP contribution in [0.25, 0.3) is 44.1 Å². The van der Waals surface area contributed by atoms with Crippen LogP contribution in [-0.2, 0) is 32.0 Å². The van der Waals surface area contributed by atoms with Crippen LogP contribution in [0.4, 0.5) is 19.1 Å². The van der Waals surface area contributed by atoms with Crippen LogP contribution in [0.3, 0.4) is 0 Å². The molecule has 14 nitrogen and oxygen atoms in total. The summed E-state index contributed by atoms with van der Waals surface area (Å²) < 4.78 is 54.4. The number of hydrogen-bond acceptors (Lipinski definition) is 11. The maximum absolute atomic E-state index is 12.9. The van der Waals surface area contributed by atoms with Crippen LogP contribution in [0.2, 0.25) is 0 Å². The number of ether oxygens (including phenoxy) is 2. The Hall–Kier alpha value is -5.46. The molecule has 66 heavy (non-hydrogen) atoms. The summed E-state index contributed by atoms with van der Waals surface area (Å²) in [5, 5.41) is 18.3. The lowest BCUT2D eigenvalue weighted by Gasteiger charge is -2.34. The Bertz CT molecular complexity index is 2620. The number of alkyl halides is 3. The number of anilines is 1. The lowest BCUT2D eigenvalue weighted by Crippen LogP contribution is -2.46. The number of piperazine rings is 1. The number of hydrogen-bond donors (Lipinski definition) is 3. The lowest BCUT2D eigenvalue weighted by molar-refractivity contribution is -0.135. The van der Waals surface area contributed by atoms with Crippen molar-refractivity contribution in [3.63, 3.8) is 0 Å². The molecule has 0 spiro atoms. The number of carbonyl (C=O) groups excluding carboxylic acids is 2. The second-order valence-corrected chi connectivity index (χ2v) is 17.8. The number of piperidine rings is 1. The van der Waals surface area contributed by atoms with Crippen molar-refractivity contribution < 1.29 is 37.3 Å². The van der Waals surface area contributed by atoms with Crippen molar-refractivity contribution in [2.45, 2.75) is 88.7 Å². The number of nitrogens with one attached hydrogen (secondary N) is 2. The van der Waals surface area contributed by atoms with Crippen molar-refractivity contribution in [2.24, 2.45) is 0 Å². The zero-order chi connectivity index (χ0) is 45.6. The van der Waals surface area contributed by atoms with Gasteiger partial charge in [0.1, 0.15) is 17.3 Å². The molecule has 1 aliphatic carbocycles. The highest BCUT2D eigenvalue weighted by atomic mass is 19.4. The first kappa shape index (κ1) is 45.7. The molecule has 3 fully saturated rings. The van der Waals surface area contributed by atoms with E-state index in [4.69, 9.17) is 9.47 Å². The van der Waals surface area contributed by atoms with Crippen LogP contribution in [0.5, 0.6) is 0 Å². The van der Waals surface area contributed by atoms with Gasteiger partial charge in [0.05, 0.1) is 37.9 Å². The molecule has 2 saturated heterocycles. The standard InChI is InChI=1S/C49H58F3N9O5/c50-49(51,52)17-19-54-48-55-30-40-41(32-60(46(40)57-48)36-10-12-37(62)13-11-36)35-8-5-34(6-9-35)31-59-22-20-58(21-23-59)24-26-66-28-27-65-25-2-3-33-7-14-38-39-4-1-18-53-45(39)61(43(38)29-33)42-15-16-44(63)56-47(42)64/h1,4-9,14,18,29-30,32,36-37,42,62H,2-3,10-13,15-17,19-28,31H2,(H,54,55,57)(H,56,63,64)/t36?,37?,42-/m0/s1. The Kier molecular flexibility index (Phi) is 14.3. The highest BCUT2D eigenvalue weighted by Gasteiger charge is 2.31. The number of benzene rings is 2. The normalized spacial score (nSPS) is 20.2. The number of amides is 2. The van der Waals surface area contributed by atoms with E-state index in [2.05, 4.69) is 88.6 Å². The molecule has 6 aromatic rings. The Balaban J connectivity index is 0.691. The molecule has 0 unspecified atom stereocenters. The third-order valence-corrected chi connectivity index (χ3v) is 13.3. The van der Waals surface area contributed by atoms with E-state index < -0.39 is 18.6 Å². The molecule has 0 bridgehead atoms. The van der Waals surface area contributed by atoms with E-state index in [0.717, 1.165) is 109 Å². The van der Waals surface area contributed by atoms with Crippen LogP contribution in [0.1, 0.15) is 74.6 Å². The SMILES string of the molecule is O=C1CC[C@H](n2c3cc(CCCOCCOCCN4CCN(Cc5ccc(-c6cn(C7CCC(O)CC7)c7nc(NCCC(F)(F)F)ncc67)cc5)CC4)ccc3c3cccnc32)C(=O)N1. The summed E-state index contributed by atoms with van der Waals surface area (Å²) in [5.74, 6) is -0.346. The summed E-state index contributed by atoms with van der Waals surface area (Å²) in [6.07, 6.45) is 5.41. The third kappa shape index (κ3) is 10.9. The molecular weight excluding hydrogens is 852 g/mol. The number of pyridine rings is 1. The molecule has 3 aliphatic rings. The van der Waals surface area contributed by atoms with Gasteiger partial charge in [0.2, 0.25) is 17.8 Å². The topological polar surface area (TPSA) is 152 Å². The molecule has 0 radical (unpaired) electrons. The lowest BCUT2D eigenvalue weighted by atomic mass is 9.93. The highest BCUT2D eigenvalue weighted by Crippen LogP contribution is 2.38. The largest absolute Gasteiger partial charge is 0.393 e. The molecule has 350 valence electrons. The fourth-order valence-electron chi connectivity index (χ4n) is 9.71. The molecular formula is C49H58F3N9O5. The van der Waals surface area contributed by atoms with Crippen molar-refractivity contribution in [3.8, 4) is 11.1 Å². The van der Waals surface area contributed by atoms with Gasteiger partial charge >= 0.3 is 6.18 Å². The summed E-state index contributed by atoms with van der Waals surface area (Å²) >= 11 is 0. The minimum atomic E-state index is -4.26. The minimum absolute atomic E-state index is 0.133. The highest BCUT2D eigenvalue weighted by molar-refractivity contribution is 6.09. The Labute approximate surface area is 381 Å². The van der Waals surface area contributed by atoms with Crippen LogP contribution >= 0.6 is 0 Å². The Morgan fingerprint density at radius 2 is 1.58 bits per heavy atom. The summed E-state index contributed by atoms with van der Waals surface area (Å²) in [4.78, 5) is 43.3. The molecule has 9 rings (SSSR count). The van der Waals surface area contributed by atoms with Gasteiger partial charge in [-0.25, -0.2) is 9.97 Å². The van der Waals surface area contributed by atoms with Crippen molar-refractivity contribution in [2.75, 3.05) is 71.0 Å². The average Bonchev–Trinajstić information content (AvgIpc) is 3.85. The minimum Gasteiger partial charge on any atom is -0.393 e. The van der Waals surface area contributed by atoms with Gasteiger partial charge in [-0.15, -0.1) is 0 Å². The predicted octanol–water partition coefficient (Wildman–Crippen LogP) is 7.20. The number of fused-ring (bicyclic) bond motifs is 4. The van der Waals surface area contributed by atoms with Crippen molar-refractivity contribution >= 4 is 50.7 Å². The van der Waals surface area contributed by atoms with E-state index >= 15 is 0 Å². The monoisotopic (exact) mass is 909 g/mol. The molecule has 3 N–H and O–H groups in total. The number of halogens is 3. The quantitative estimate of drug-likeness (QED) is 0.0593. The fourth-order valence-corrected chi connectivity index (χ4v) is 9.71. The number of nitrogens with zero attached hydrogens (tertiary/aromatic N) is 7. The van der Waals surface area contributed by atoms with Gasteiger partial charge in [-0.1, -0.05) is 36.4 Å². The zero-order valence-corrected chi connectivity index (χ0v) is 37.1. The van der Waals surface area contributed by atoms with Gasteiger partial charge in [-0.05, 0) is 79.8 Å². The first-order chi connectivity index (χ1) is 32.1. The Morgan fingerprint density at radius 1 is 0.818 bits per heavy atom. The number of aliphatic hydroxyl groups is 1. The molecule has 1 atom stereocenters. The second-order valence-electron chi connectivity index (χ2n) is 17.8. The van der Waals surface area contributed by atoms with Crippen LogP contribution in [0, 0.1) is 0 Å². The average molecular weight is 910 g/mol. The number of carbonyl (C=O) groups is 2. The predicted molar refractivity (Wildman–Crippen MR) is 246 cm³/mol. The summed E-state index contributed by atoms with van der Waals surface area (Å²) in [5.41, 5.74) is 6.77. The van der Waals surface area contributed by atoms with Crippen molar-refractivity contribution in [3.05, 3.63) is 84.3 Å².